The molecule has 1 aromatic rings. The summed E-state index contributed by atoms with van der Waals surface area (Å²) >= 11 is 0. The molecule has 0 aliphatic carbocycles. The highest BCUT2D eigenvalue weighted by atomic mass is 14.9. The molecular formula is C11H13N. The Hall–Kier alpha value is -1.50. The Morgan fingerprint density at radius 1 is 1.33 bits per heavy atom. The van der Waals surface area contributed by atoms with E-state index < -0.39 is 0 Å². The molecule has 1 nitrogen and oxygen atoms in total. The monoisotopic (exact) mass is 159 g/mol. The molecule has 0 saturated carbocycles. The molecule has 0 amide bonds. The number of anilines is 1. The van der Waals surface area contributed by atoms with Crippen molar-refractivity contribution in [1.29, 1.82) is 0 Å². The van der Waals surface area contributed by atoms with E-state index in [1.54, 1.807) is 0 Å². The molecule has 0 bridgehead atoms. The maximum absolute atomic E-state index is 3.76. The van der Waals surface area contributed by atoms with Crippen molar-refractivity contribution in [3.05, 3.63) is 48.7 Å². The largest absolute Gasteiger partial charge is 0.360 e. The van der Waals surface area contributed by atoms with Gasteiger partial charge in [-0.3, -0.25) is 0 Å². The van der Waals surface area contributed by atoms with Crippen LogP contribution in [0.25, 0.3) is 6.08 Å². The normalized spacial score (nSPS) is 9.08. The molecule has 0 aliphatic rings. The van der Waals surface area contributed by atoms with Gasteiger partial charge in [0.1, 0.15) is 0 Å². The average Bonchev–Trinajstić information content (AvgIpc) is 2.05. The summed E-state index contributed by atoms with van der Waals surface area (Å²) in [5.41, 5.74) is 3.14. The van der Waals surface area contributed by atoms with Crippen LogP contribution >= 0.6 is 0 Å². The van der Waals surface area contributed by atoms with E-state index in [2.05, 4.69) is 18.5 Å². The van der Waals surface area contributed by atoms with Gasteiger partial charge < -0.3 is 5.32 Å². The quantitative estimate of drug-likeness (QED) is 0.713. The van der Waals surface area contributed by atoms with Gasteiger partial charge in [-0.1, -0.05) is 31.4 Å². The molecule has 0 aromatic heterocycles. The van der Waals surface area contributed by atoms with Crippen LogP contribution in [0.15, 0.2) is 43.1 Å². The molecule has 0 aliphatic heterocycles. The van der Waals surface area contributed by atoms with Gasteiger partial charge >= 0.3 is 0 Å². The lowest BCUT2D eigenvalue weighted by atomic mass is 10.2. The SMILES string of the molecule is C=Cc1ccc(NC(=C)C)cc1. The lowest BCUT2D eigenvalue weighted by molar-refractivity contribution is 1.40. The average molecular weight is 159 g/mol. The van der Waals surface area contributed by atoms with Gasteiger partial charge in [0.05, 0.1) is 0 Å². The van der Waals surface area contributed by atoms with Crippen LogP contribution in [0.2, 0.25) is 0 Å². The molecule has 1 rings (SSSR count). The minimum Gasteiger partial charge on any atom is -0.360 e. The smallest absolute Gasteiger partial charge is 0.0381 e. The van der Waals surface area contributed by atoms with Crippen molar-refractivity contribution >= 4 is 11.8 Å². The van der Waals surface area contributed by atoms with Crippen LogP contribution < -0.4 is 5.32 Å². The van der Waals surface area contributed by atoms with Crippen molar-refractivity contribution in [3.8, 4) is 0 Å². The molecule has 0 saturated heterocycles. The van der Waals surface area contributed by atoms with E-state index in [-0.39, 0.29) is 0 Å². The van der Waals surface area contributed by atoms with E-state index in [1.165, 1.54) is 0 Å². The lowest BCUT2D eigenvalue weighted by Gasteiger charge is -2.04. The van der Waals surface area contributed by atoms with Gasteiger partial charge in [-0.15, -0.1) is 0 Å². The number of hydrogen-bond donors (Lipinski definition) is 1. The van der Waals surface area contributed by atoms with Crippen LogP contribution in [-0.4, -0.2) is 0 Å². The molecule has 1 N–H and O–H groups in total. The van der Waals surface area contributed by atoms with E-state index in [0.29, 0.717) is 0 Å². The molecule has 62 valence electrons. The fourth-order valence-electron chi connectivity index (χ4n) is 0.949. The van der Waals surface area contributed by atoms with Crippen LogP contribution in [0, 0.1) is 0 Å². The summed E-state index contributed by atoms with van der Waals surface area (Å²) in [7, 11) is 0. The van der Waals surface area contributed by atoms with Crippen LogP contribution in [0.3, 0.4) is 0 Å². The molecule has 0 radical (unpaired) electrons. The van der Waals surface area contributed by atoms with Crippen LogP contribution in [0.4, 0.5) is 5.69 Å². The van der Waals surface area contributed by atoms with Crippen molar-refractivity contribution in [2.75, 3.05) is 5.32 Å². The van der Waals surface area contributed by atoms with E-state index in [0.717, 1.165) is 16.9 Å². The van der Waals surface area contributed by atoms with Crippen molar-refractivity contribution in [3.63, 3.8) is 0 Å². The second kappa shape index (κ2) is 3.77. The first-order valence-corrected chi connectivity index (χ1v) is 3.87. The molecule has 12 heavy (non-hydrogen) atoms. The zero-order chi connectivity index (χ0) is 8.97. The van der Waals surface area contributed by atoms with Gasteiger partial charge in [0.15, 0.2) is 0 Å². The Morgan fingerprint density at radius 2 is 1.92 bits per heavy atom. The predicted molar refractivity (Wildman–Crippen MR) is 55.0 cm³/mol. The van der Waals surface area contributed by atoms with Gasteiger partial charge in [-0.25, -0.2) is 0 Å². The topological polar surface area (TPSA) is 12.0 Å². The van der Waals surface area contributed by atoms with Crippen molar-refractivity contribution in [2.45, 2.75) is 6.92 Å². The number of hydrogen-bond acceptors (Lipinski definition) is 1. The van der Waals surface area contributed by atoms with Crippen molar-refractivity contribution in [1.82, 2.24) is 0 Å². The van der Waals surface area contributed by atoms with E-state index in [9.17, 15) is 0 Å². The summed E-state index contributed by atoms with van der Waals surface area (Å²) in [6.07, 6.45) is 1.82. The summed E-state index contributed by atoms with van der Waals surface area (Å²) in [6, 6.07) is 8.04. The molecule has 1 heteroatoms. The Labute approximate surface area is 73.4 Å². The highest BCUT2D eigenvalue weighted by molar-refractivity contribution is 5.55. The summed E-state index contributed by atoms with van der Waals surface area (Å²) in [5, 5.41) is 3.13. The van der Waals surface area contributed by atoms with E-state index >= 15 is 0 Å². The number of rotatable bonds is 3. The maximum Gasteiger partial charge on any atom is 0.0381 e. The zero-order valence-electron chi connectivity index (χ0n) is 7.30. The first kappa shape index (κ1) is 8.60. The molecule has 0 atom stereocenters. The third kappa shape index (κ3) is 2.27. The summed E-state index contributed by atoms with van der Waals surface area (Å²) in [6.45, 7) is 9.38. The second-order valence-corrected chi connectivity index (χ2v) is 2.73. The minimum atomic E-state index is 0.946. The molecule has 0 heterocycles. The Balaban J connectivity index is 2.77. The summed E-state index contributed by atoms with van der Waals surface area (Å²) in [4.78, 5) is 0. The first-order valence-electron chi connectivity index (χ1n) is 3.87. The predicted octanol–water partition coefficient (Wildman–Crippen LogP) is 3.28. The molecule has 0 unspecified atom stereocenters. The van der Waals surface area contributed by atoms with Gasteiger partial charge in [0.25, 0.3) is 0 Å². The highest BCUT2D eigenvalue weighted by Crippen LogP contribution is 2.11. The van der Waals surface area contributed by atoms with Crippen molar-refractivity contribution < 1.29 is 0 Å². The molecular weight excluding hydrogens is 146 g/mol. The number of allylic oxidation sites excluding steroid dienone is 1. The third-order valence-corrected chi connectivity index (χ3v) is 1.50. The second-order valence-electron chi connectivity index (χ2n) is 2.73. The summed E-state index contributed by atoms with van der Waals surface area (Å²) in [5.74, 6) is 0. The standard InChI is InChI=1S/C11H13N/c1-4-10-5-7-11(8-6-10)12-9(2)3/h4-8,12H,1-2H2,3H3. The summed E-state index contributed by atoms with van der Waals surface area (Å²) < 4.78 is 0. The Kier molecular flexibility index (Phi) is 2.70. The van der Waals surface area contributed by atoms with Crippen LogP contribution in [0.5, 0.6) is 0 Å². The van der Waals surface area contributed by atoms with Crippen LogP contribution in [-0.2, 0) is 0 Å². The maximum atomic E-state index is 3.76. The molecule has 0 fully saturated rings. The molecule has 0 spiro atoms. The minimum absolute atomic E-state index is 0.946. The first-order chi connectivity index (χ1) is 5.72. The lowest BCUT2D eigenvalue weighted by Crippen LogP contribution is -1.92. The van der Waals surface area contributed by atoms with Gasteiger partial charge in [-0.05, 0) is 24.6 Å². The Bertz CT molecular complexity index is 282. The van der Waals surface area contributed by atoms with Crippen LogP contribution in [0.1, 0.15) is 12.5 Å². The Morgan fingerprint density at radius 3 is 2.33 bits per heavy atom. The van der Waals surface area contributed by atoms with Gasteiger partial charge in [0.2, 0.25) is 0 Å². The van der Waals surface area contributed by atoms with E-state index in [1.807, 2.05) is 37.3 Å². The third-order valence-electron chi connectivity index (χ3n) is 1.50. The van der Waals surface area contributed by atoms with Gasteiger partial charge in [-0.2, -0.15) is 0 Å². The van der Waals surface area contributed by atoms with Crippen molar-refractivity contribution in [2.24, 2.45) is 0 Å². The zero-order valence-corrected chi connectivity index (χ0v) is 7.30. The van der Waals surface area contributed by atoms with E-state index in [4.69, 9.17) is 0 Å². The highest BCUT2D eigenvalue weighted by Gasteiger charge is 1.89. The fraction of sp³-hybridized carbons (Fsp3) is 0.0909. The fourth-order valence-corrected chi connectivity index (χ4v) is 0.949. The number of nitrogens with one attached hydrogen (secondary N) is 1. The van der Waals surface area contributed by atoms with Gasteiger partial charge in [0, 0.05) is 11.4 Å². The number of benzene rings is 1. The molecule has 1 aromatic carbocycles.